The monoisotopic (exact) mass is 359 g/mol. The summed E-state index contributed by atoms with van der Waals surface area (Å²) in [6, 6.07) is 3.37. The largest absolute Gasteiger partial charge is 0.383 e. The lowest BCUT2D eigenvalue weighted by Crippen LogP contribution is -2.32. The molecule has 20 heavy (non-hydrogen) atoms. The van der Waals surface area contributed by atoms with Crippen molar-refractivity contribution >= 4 is 27.5 Å². The maximum atomic E-state index is 6.24. The van der Waals surface area contributed by atoms with Gasteiger partial charge in [-0.05, 0) is 28.1 Å². The number of rotatable bonds is 6. The first-order valence-electron chi connectivity index (χ1n) is 5.95. The van der Waals surface area contributed by atoms with Crippen molar-refractivity contribution in [2.75, 3.05) is 13.7 Å². The summed E-state index contributed by atoms with van der Waals surface area (Å²) < 4.78 is 7.68. The molecule has 0 saturated heterocycles. The maximum Gasteiger partial charge on any atom is 0.107 e. The second kappa shape index (κ2) is 7.14. The Morgan fingerprint density at radius 2 is 2.40 bits per heavy atom. The molecule has 8 heteroatoms. The van der Waals surface area contributed by atoms with Crippen molar-refractivity contribution < 1.29 is 4.74 Å². The molecule has 1 unspecified atom stereocenters. The molecule has 0 aliphatic carbocycles. The highest BCUT2D eigenvalue weighted by atomic mass is 79.9. The molecular formula is C12H15BrClN5O. The maximum absolute atomic E-state index is 6.24. The van der Waals surface area contributed by atoms with Crippen LogP contribution < -0.4 is 11.3 Å². The number of nitrogens with zero attached hydrogens (tertiary/aromatic N) is 3. The van der Waals surface area contributed by atoms with Crippen LogP contribution in [-0.4, -0.2) is 28.5 Å². The Morgan fingerprint density at radius 1 is 1.60 bits per heavy atom. The molecule has 0 fully saturated rings. The van der Waals surface area contributed by atoms with E-state index in [1.807, 2.05) is 12.1 Å². The van der Waals surface area contributed by atoms with Crippen LogP contribution >= 0.6 is 27.5 Å². The van der Waals surface area contributed by atoms with Gasteiger partial charge in [-0.25, -0.2) is 5.43 Å². The summed E-state index contributed by atoms with van der Waals surface area (Å²) in [4.78, 5) is 4.35. The lowest BCUT2D eigenvalue weighted by Gasteiger charge is -2.19. The number of aromatic nitrogens is 3. The van der Waals surface area contributed by atoms with Crippen LogP contribution in [0.3, 0.4) is 0 Å². The van der Waals surface area contributed by atoms with E-state index in [4.69, 9.17) is 22.2 Å². The zero-order chi connectivity index (χ0) is 14.5. The summed E-state index contributed by atoms with van der Waals surface area (Å²) in [5.74, 6) is 5.69. The lowest BCUT2D eigenvalue weighted by molar-refractivity contribution is 0.182. The van der Waals surface area contributed by atoms with Crippen LogP contribution in [0.5, 0.6) is 0 Å². The molecule has 0 saturated carbocycles. The minimum Gasteiger partial charge on any atom is -0.383 e. The standard InChI is InChI=1S/C12H15BrClN5O/c1-20-6-5-19-12(9(14)7-17-19)11(18-15)10-8(13)3-2-4-16-10/h2-4,7,11,18H,5-6,15H2,1H3. The van der Waals surface area contributed by atoms with E-state index >= 15 is 0 Å². The van der Waals surface area contributed by atoms with Gasteiger partial charge >= 0.3 is 0 Å². The number of nitrogens with one attached hydrogen (secondary N) is 1. The van der Waals surface area contributed by atoms with Gasteiger partial charge in [-0.15, -0.1) is 0 Å². The summed E-state index contributed by atoms with van der Waals surface area (Å²) >= 11 is 9.71. The number of hydrazine groups is 1. The summed E-state index contributed by atoms with van der Waals surface area (Å²) in [6.07, 6.45) is 3.29. The van der Waals surface area contributed by atoms with Gasteiger partial charge < -0.3 is 4.74 Å². The highest BCUT2D eigenvalue weighted by Crippen LogP contribution is 2.30. The van der Waals surface area contributed by atoms with Crippen molar-refractivity contribution in [3.8, 4) is 0 Å². The quantitative estimate of drug-likeness (QED) is 0.607. The van der Waals surface area contributed by atoms with Crippen LogP contribution in [0.25, 0.3) is 0 Å². The minimum atomic E-state index is -0.363. The van der Waals surface area contributed by atoms with E-state index < -0.39 is 0 Å². The van der Waals surface area contributed by atoms with Crippen molar-refractivity contribution in [2.24, 2.45) is 5.84 Å². The predicted octanol–water partition coefficient (Wildman–Crippen LogP) is 1.89. The van der Waals surface area contributed by atoms with E-state index in [9.17, 15) is 0 Å². The Kier molecular flexibility index (Phi) is 5.50. The molecular weight excluding hydrogens is 346 g/mol. The number of hydrogen-bond acceptors (Lipinski definition) is 5. The summed E-state index contributed by atoms with van der Waals surface area (Å²) in [5, 5.41) is 4.77. The van der Waals surface area contributed by atoms with E-state index in [0.717, 1.165) is 15.9 Å². The van der Waals surface area contributed by atoms with Crippen molar-refractivity contribution in [3.05, 3.63) is 45.4 Å². The molecule has 108 valence electrons. The van der Waals surface area contributed by atoms with Crippen molar-refractivity contribution in [2.45, 2.75) is 12.6 Å². The average molecular weight is 361 g/mol. The molecule has 0 aromatic carbocycles. The molecule has 3 N–H and O–H groups in total. The molecule has 0 amide bonds. The third-order valence-electron chi connectivity index (χ3n) is 2.84. The molecule has 0 aliphatic heterocycles. The van der Waals surface area contributed by atoms with Gasteiger partial charge in [-0.3, -0.25) is 15.5 Å². The summed E-state index contributed by atoms with van der Waals surface area (Å²) in [6.45, 7) is 1.12. The molecule has 0 spiro atoms. The Morgan fingerprint density at radius 3 is 3.05 bits per heavy atom. The highest BCUT2D eigenvalue weighted by Gasteiger charge is 2.24. The van der Waals surface area contributed by atoms with Gasteiger partial charge in [0.05, 0.1) is 35.8 Å². The average Bonchev–Trinajstić information content (AvgIpc) is 2.81. The van der Waals surface area contributed by atoms with Gasteiger partial charge in [-0.1, -0.05) is 11.6 Å². The third-order valence-corrected chi connectivity index (χ3v) is 3.80. The van der Waals surface area contributed by atoms with Gasteiger partial charge in [0.2, 0.25) is 0 Å². The van der Waals surface area contributed by atoms with Gasteiger partial charge in [0, 0.05) is 17.8 Å². The molecule has 1 atom stereocenters. The van der Waals surface area contributed by atoms with Crippen molar-refractivity contribution in [3.63, 3.8) is 0 Å². The molecule has 2 rings (SSSR count). The van der Waals surface area contributed by atoms with E-state index in [1.165, 1.54) is 0 Å². The molecule has 0 radical (unpaired) electrons. The van der Waals surface area contributed by atoms with Gasteiger partial charge in [-0.2, -0.15) is 5.10 Å². The molecule has 6 nitrogen and oxygen atoms in total. The number of nitrogens with two attached hydrogens (primary N) is 1. The van der Waals surface area contributed by atoms with Crippen LogP contribution in [0.15, 0.2) is 29.0 Å². The number of halogens is 2. The molecule has 0 aliphatic rings. The van der Waals surface area contributed by atoms with Gasteiger partial charge in [0.15, 0.2) is 0 Å². The fraction of sp³-hybridized carbons (Fsp3) is 0.333. The van der Waals surface area contributed by atoms with Crippen LogP contribution in [-0.2, 0) is 11.3 Å². The highest BCUT2D eigenvalue weighted by molar-refractivity contribution is 9.10. The van der Waals surface area contributed by atoms with Crippen LogP contribution in [0, 0.1) is 0 Å². The zero-order valence-electron chi connectivity index (χ0n) is 10.9. The third kappa shape index (κ3) is 3.18. The Hall–Kier alpha value is -0.990. The fourth-order valence-corrected chi connectivity index (χ4v) is 2.65. The van der Waals surface area contributed by atoms with Crippen molar-refractivity contribution in [1.29, 1.82) is 0 Å². The lowest BCUT2D eigenvalue weighted by atomic mass is 10.1. The predicted molar refractivity (Wildman–Crippen MR) is 80.2 cm³/mol. The second-order valence-electron chi connectivity index (χ2n) is 4.06. The molecule has 2 aromatic rings. The Balaban J connectivity index is 2.42. The number of hydrogen-bond donors (Lipinski definition) is 2. The Bertz CT molecular complexity index is 577. The van der Waals surface area contributed by atoms with Crippen molar-refractivity contribution in [1.82, 2.24) is 20.2 Å². The van der Waals surface area contributed by atoms with E-state index in [1.54, 1.807) is 24.2 Å². The van der Waals surface area contributed by atoms with Gasteiger partial charge in [0.1, 0.15) is 6.04 Å². The summed E-state index contributed by atoms with van der Waals surface area (Å²) in [7, 11) is 1.64. The topological polar surface area (TPSA) is 78.0 Å². The van der Waals surface area contributed by atoms with E-state index in [2.05, 4.69) is 31.4 Å². The first kappa shape index (κ1) is 15.4. The summed E-state index contributed by atoms with van der Waals surface area (Å²) in [5.41, 5.74) is 4.24. The first-order chi connectivity index (χ1) is 9.69. The fourth-order valence-electron chi connectivity index (χ4n) is 1.91. The number of methoxy groups -OCH3 is 1. The minimum absolute atomic E-state index is 0.363. The number of pyridine rings is 1. The van der Waals surface area contributed by atoms with E-state index in [0.29, 0.717) is 18.2 Å². The first-order valence-corrected chi connectivity index (χ1v) is 7.12. The van der Waals surface area contributed by atoms with E-state index in [-0.39, 0.29) is 6.04 Å². The number of ether oxygens (including phenoxy) is 1. The van der Waals surface area contributed by atoms with Gasteiger partial charge in [0.25, 0.3) is 0 Å². The molecule has 2 aromatic heterocycles. The smallest absolute Gasteiger partial charge is 0.107 e. The van der Waals surface area contributed by atoms with Crippen LogP contribution in [0.1, 0.15) is 17.4 Å². The normalized spacial score (nSPS) is 12.6. The zero-order valence-corrected chi connectivity index (χ0v) is 13.2. The Labute approximate surface area is 130 Å². The second-order valence-corrected chi connectivity index (χ2v) is 5.33. The SMILES string of the molecule is COCCn1ncc(Cl)c1C(NN)c1ncccc1Br. The molecule has 0 bridgehead atoms. The van der Waals surface area contributed by atoms with Crippen LogP contribution in [0.2, 0.25) is 5.02 Å². The van der Waals surface area contributed by atoms with Crippen LogP contribution in [0.4, 0.5) is 0 Å². The molecule has 2 heterocycles.